The molecule has 26 heavy (non-hydrogen) atoms. The number of carbonyl (C=O) groups excluding carboxylic acids is 1. The molecule has 0 saturated carbocycles. The molecular weight excluding hydrogens is 330 g/mol. The summed E-state index contributed by atoms with van der Waals surface area (Å²) in [7, 11) is 5.95. The van der Waals surface area contributed by atoms with Gasteiger partial charge in [-0.3, -0.25) is 9.69 Å². The summed E-state index contributed by atoms with van der Waals surface area (Å²) in [5, 5.41) is 8.97. The molecule has 1 amide bonds. The Bertz CT molecular complexity index is 831. The van der Waals surface area contributed by atoms with E-state index in [1.54, 1.807) is 11.8 Å². The highest BCUT2D eigenvalue weighted by molar-refractivity contribution is 5.95. The molecule has 3 heterocycles. The van der Waals surface area contributed by atoms with Gasteiger partial charge in [0.2, 0.25) is 5.76 Å². The van der Waals surface area contributed by atoms with E-state index in [2.05, 4.69) is 21.5 Å². The van der Waals surface area contributed by atoms with Gasteiger partial charge in [0.1, 0.15) is 11.8 Å². The van der Waals surface area contributed by atoms with Crippen molar-refractivity contribution in [1.82, 2.24) is 19.4 Å². The molecule has 0 bridgehead atoms. The van der Waals surface area contributed by atoms with Gasteiger partial charge in [-0.05, 0) is 39.3 Å². The van der Waals surface area contributed by atoms with Crippen molar-refractivity contribution in [3.8, 4) is 6.07 Å². The van der Waals surface area contributed by atoms with E-state index >= 15 is 0 Å². The molecule has 1 saturated heterocycles. The predicted octanol–water partition coefficient (Wildman–Crippen LogP) is 2.35. The van der Waals surface area contributed by atoms with Gasteiger partial charge in [-0.2, -0.15) is 5.26 Å². The van der Waals surface area contributed by atoms with Crippen molar-refractivity contribution in [3.05, 3.63) is 41.4 Å². The van der Waals surface area contributed by atoms with E-state index in [1.807, 2.05) is 32.7 Å². The molecule has 0 aromatic carbocycles. The fourth-order valence-electron chi connectivity index (χ4n) is 3.96. The highest BCUT2D eigenvalue weighted by Crippen LogP contribution is 2.35. The third-order valence-corrected chi connectivity index (χ3v) is 5.28. The molecule has 1 fully saturated rings. The number of furan rings is 1. The maximum Gasteiger partial charge on any atom is 0.257 e. The molecule has 7 heteroatoms. The van der Waals surface area contributed by atoms with E-state index in [0.29, 0.717) is 23.8 Å². The van der Waals surface area contributed by atoms with Crippen molar-refractivity contribution in [1.29, 1.82) is 5.26 Å². The number of amides is 1. The van der Waals surface area contributed by atoms with Crippen LogP contribution in [-0.2, 0) is 7.05 Å². The molecular formula is C19H25N5O2. The fraction of sp³-hybridized carbons (Fsp3) is 0.526. The Kier molecular flexibility index (Phi) is 5.14. The molecule has 0 spiro atoms. The van der Waals surface area contributed by atoms with Crippen LogP contribution in [0, 0.1) is 24.2 Å². The first kappa shape index (κ1) is 18.2. The SMILES string of the molecule is Cc1oc(C#N)cc1C(=O)N(C)C[C@@H]1CCCN(C)[C@H]1c1cncn1C. The quantitative estimate of drug-likeness (QED) is 0.841. The second-order valence-corrected chi connectivity index (χ2v) is 7.14. The van der Waals surface area contributed by atoms with Gasteiger partial charge in [0, 0.05) is 32.9 Å². The topological polar surface area (TPSA) is 78.3 Å². The van der Waals surface area contributed by atoms with Crippen LogP contribution in [-0.4, -0.2) is 52.4 Å². The van der Waals surface area contributed by atoms with Gasteiger partial charge in [0.25, 0.3) is 5.91 Å². The minimum Gasteiger partial charge on any atom is -0.450 e. The Labute approximate surface area is 153 Å². The second-order valence-electron chi connectivity index (χ2n) is 7.14. The van der Waals surface area contributed by atoms with E-state index in [9.17, 15) is 4.79 Å². The van der Waals surface area contributed by atoms with Gasteiger partial charge in [0.15, 0.2) is 0 Å². The number of likely N-dealkylation sites (tertiary alicyclic amines) is 1. The predicted molar refractivity (Wildman–Crippen MR) is 96.4 cm³/mol. The molecule has 2 aromatic heterocycles. The van der Waals surface area contributed by atoms with Crippen LogP contribution in [0.15, 0.2) is 23.0 Å². The molecule has 1 aliphatic heterocycles. The summed E-state index contributed by atoms with van der Waals surface area (Å²) in [5.41, 5.74) is 1.63. The fourth-order valence-corrected chi connectivity index (χ4v) is 3.96. The van der Waals surface area contributed by atoms with Gasteiger partial charge in [-0.1, -0.05) is 0 Å². The third kappa shape index (κ3) is 3.37. The highest BCUT2D eigenvalue weighted by atomic mass is 16.3. The van der Waals surface area contributed by atoms with E-state index in [1.165, 1.54) is 11.8 Å². The van der Waals surface area contributed by atoms with Gasteiger partial charge >= 0.3 is 0 Å². The monoisotopic (exact) mass is 355 g/mol. The minimum atomic E-state index is -0.107. The smallest absolute Gasteiger partial charge is 0.257 e. The summed E-state index contributed by atoms with van der Waals surface area (Å²) in [6, 6.07) is 3.70. The average Bonchev–Trinajstić information content (AvgIpc) is 3.20. The Balaban J connectivity index is 1.79. The molecule has 0 aliphatic carbocycles. The summed E-state index contributed by atoms with van der Waals surface area (Å²) in [5.74, 6) is 0.872. The number of hydrogen-bond donors (Lipinski definition) is 0. The molecule has 0 radical (unpaired) electrons. The zero-order valence-electron chi connectivity index (χ0n) is 15.8. The molecule has 3 rings (SSSR count). The van der Waals surface area contributed by atoms with Crippen molar-refractivity contribution in [2.45, 2.75) is 25.8 Å². The van der Waals surface area contributed by atoms with Crippen LogP contribution >= 0.6 is 0 Å². The lowest BCUT2D eigenvalue weighted by atomic mass is 9.87. The maximum atomic E-state index is 12.8. The number of rotatable bonds is 4. The highest BCUT2D eigenvalue weighted by Gasteiger charge is 2.34. The van der Waals surface area contributed by atoms with Crippen LogP contribution in [0.4, 0.5) is 0 Å². The lowest BCUT2D eigenvalue weighted by molar-refractivity contribution is 0.0631. The molecule has 138 valence electrons. The standard InChI is InChI=1S/C19H25N5O2/c1-13-16(8-15(9-20)26-13)19(25)23(3)11-14-6-5-7-22(2)18(14)17-10-21-12-24(17)4/h8,10,12,14,18H,5-7,11H2,1-4H3/t14-,18+/m0/s1. The summed E-state index contributed by atoms with van der Waals surface area (Å²) in [6.07, 6.45) is 5.91. The van der Waals surface area contributed by atoms with E-state index in [-0.39, 0.29) is 17.7 Å². The number of hydrogen-bond acceptors (Lipinski definition) is 5. The molecule has 0 unspecified atom stereocenters. The summed E-state index contributed by atoms with van der Waals surface area (Å²) in [4.78, 5) is 21.2. The van der Waals surface area contributed by atoms with Gasteiger partial charge in [0.05, 0.1) is 23.6 Å². The summed E-state index contributed by atoms with van der Waals surface area (Å²) >= 11 is 0. The summed E-state index contributed by atoms with van der Waals surface area (Å²) < 4.78 is 7.37. The number of aryl methyl sites for hydroxylation is 2. The first-order valence-electron chi connectivity index (χ1n) is 8.84. The molecule has 7 nitrogen and oxygen atoms in total. The van der Waals surface area contributed by atoms with Gasteiger partial charge in [-0.25, -0.2) is 4.98 Å². The number of imidazole rings is 1. The minimum absolute atomic E-state index is 0.107. The van der Waals surface area contributed by atoms with Crippen molar-refractivity contribution in [2.24, 2.45) is 13.0 Å². The average molecular weight is 355 g/mol. The van der Waals surface area contributed by atoms with Gasteiger partial charge < -0.3 is 13.9 Å². The first-order chi connectivity index (χ1) is 12.4. The lowest BCUT2D eigenvalue weighted by Gasteiger charge is -2.40. The Hall–Kier alpha value is -2.59. The number of nitriles is 1. The number of nitrogens with zero attached hydrogens (tertiary/aromatic N) is 5. The molecule has 1 aliphatic rings. The second kappa shape index (κ2) is 7.34. The van der Waals surface area contributed by atoms with Crippen LogP contribution in [0.1, 0.15) is 46.5 Å². The molecule has 2 atom stereocenters. The summed E-state index contributed by atoms with van der Waals surface area (Å²) in [6.45, 7) is 3.40. The maximum absolute atomic E-state index is 12.8. The normalized spacial score (nSPS) is 20.7. The van der Waals surface area contributed by atoms with Crippen molar-refractivity contribution in [2.75, 3.05) is 27.2 Å². The Morgan fingerprint density at radius 2 is 2.27 bits per heavy atom. The zero-order valence-corrected chi connectivity index (χ0v) is 15.8. The largest absolute Gasteiger partial charge is 0.450 e. The van der Waals surface area contributed by atoms with Crippen molar-refractivity contribution < 1.29 is 9.21 Å². The van der Waals surface area contributed by atoms with Crippen molar-refractivity contribution >= 4 is 5.91 Å². The van der Waals surface area contributed by atoms with Crippen molar-refractivity contribution in [3.63, 3.8) is 0 Å². The van der Waals surface area contributed by atoms with Crippen LogP contribution in [0.25, 0.3) is 0 Å². The van der Waals surface area contributed by atoms with Crippen LogP contribution in [0.2, 0.25) is 0 Å². The van der Waals surface area contributed by atoms with Gasteiger partial charge in [-0.15, -0.1) is 0 Å². The lowest BCUT2D eigenvalue weighted by Crippen LogP contribution is -2.43. The molecule has 0 N–H and O–H groups in total. The molecule has 2 aromatic rings. The van der Waals surface area contributed by atoms with E-state index < -0.39 is 0 Å². The van der Waals surface area contributed by atoms with Crippen LogP contribution < -0.4 is 0 Å². The Morgan fingerprint density at radius 3 is 2.88 bits per heavy atom. The first-order valence-corrected chi connectivity index (χ1v) is 8.84. The van der Waals surface area contributed by atoms with E-state index in [4.69, 9.17) is 9.68 Å². The zero-order chi connectivity index (χ0) is 18.8. The van der Waals surface area contributed by atoms with E-state index in [0.717, 1.165) is 19.4 Å². The number of piperidine rings is 1. The van der Waals surface area contributed by atoms with Crippen LogP contribution in [0.5, 0.6) is 0 Å². The van der Waals surface area contributed by atoms with Crippen LogP contribution in [0.3, 0.4) is 0 Å². The Morgan fingerprint density at radius 1 is 1.50 bits per heavy atom. The number of carbonyl (C=O) groups is 1. The third-order valence-electron chi connectivity index (χ3n) is 5.28. The number of aromatic nitrogens is 2.